The van der Waals surface area contributed by atoms with Gasteiger partial charge in [-0.3, -0.25) is 9.59 Å². The van der Waals surface area contributed by atoms with Gasteiger partial charge in [-0.15, -0.1) is 0 Å². The van der Waals surface area contributed by atoms with E-state index in [1.54, 1.807) is 0 Å². The molecule has 2 atom stereocenters. The Balaban J connectivity index is 4.34. The van der Waals surface area contributed by atoms with Crippen LogP contribution in [0, 0.1) is 0 Å². The second-order valence-electron chi connectivity index (χ2n) is 18.8. The van der Waals surface area contributed by atoms with Gasteiger partial charge in [0.25, 0.3) is 0 Å². The van der Waals surface area contributed by atoms with Crippen LogP contribution in [0.4, 0.5) is 0 Å². The molecule has 9 heteroatoms. The van der Waals surface area contributed by atoms with Gasteiger partial charge in [-0.25, -0.2) is 0 Å². The highest BCUT2D eigenvalue weighted by molar-refractivity contribution is 5.70. The number of quaternary nitrogens is 1. The largest absolute Gasteiger partial charge is 0.545 e. The van der Waals surface area contributed by atoms with Crippen molar-refractivity contribution in [2.45, 2.75) is 206 Å². The average Bonchev–Trinajstić information content (AvgIpc) is 3.31. The molecule has 0 N–H and O–H groups in total. The summed E-state index contributed by atoms with van der Waals surface area (Å²) in [6, 6.07) is 0. The molecular formula is C60H99NO8. The van der Waals surface area contributed by atoms with Gasteiger partial charge in [0.15, 0.2) is 12.4 Å². The minimum atomic E-state index is -1.63. The highest BCUT2D eigenvalue weighted by Gasteiger charge is 2.22. The number of esters is 2. The first-order valence-corrected chi connectivity index (χ1v) is 27.0. The molecule has 69 heavy (non-hydrogen) atoms. The third kappa shape index (κ3) is 51.6. The minimum absolute atomic E-state index is 0.138. The van der Waals surface area contributed by atoms with Crippen molar-refractivity contribution in [1.29, 1.82) is 0 Å². The van der Waals surface area contributed by atoms with Crippen molar-refractivity contribution in [2.24, 2.45) is 0 Å². The van der Waals surface area contributed by atoms with Gasteiger partial charge in [0, 0.05) is 12.8 Å². The number of rotatable bonds is 48. The van der Waals surface area contributed by atoms with Crippen molar-refractivity contribution >= 4 is 17.9 Å². The number of likely N-dealkylation sites (N-methyl/N-ethyl adjacent to an activating group) is 1. The number of unbranched alkanes of at least 4 members (excludes halogenated alkanes) is 15. The molecule has 0 heterocycles. The normalized spacial score (nSPS) is 13.7. The average molecular weight is 962 g/mol. The summed E-state index contributed by atoms with van der Waals surface area (Å²) in [5, 5.41) is 11.8. The van der Waals surface area contributed by atoms with E-state index in [-0.39, 0.29) is 38.6 Å². The van der Waals surface area contributed by atoms with Crippen LogP contribution in [0.5, 0.6) is 0 Å². The van der Waals surface area contributed by atoms with E-state index in [0.29, 0.717) is 17.4 Å². The number of carboxylic acid groups (broad SMARTS) is 1. The monoisotopic (exact) mass is 962 g/mol. The summed E-state index contributed by atoms with van der Waals surface area (Å²) in [5.74, 6) is -2.32. The van der Waals surface area contributed by atoms with E-state index >= 15 is 0 Å². The minimum Gasteiger partial charge on any atom is -0.545 e. The topological polar surface area (TPSA) is 111 Å². The fourth-order valence-electron chi connectivity index (χ4n) is 6.91. The molecule has 0 fully saturated rings. The highest BCUT2D eigenvalue weighted by atomic mass is 16.7. The SMILES string of the molecule is CC/C=C\C/C=C\C/C=C\C/C=C\C/C=C\C/C=C\CCCCCCCCCCC(=O)OC(COC(=O)CCCCCCCCC/C=C\C/C=C\C/C=C\CC)COC(OCC[N+](C)(C)C)C(=O)[O-]. The Morgan fingerprint density at radius 2 is 0.783 bits per heavy atom. The van der Waals surface area contributed by atoms with Crippen molar-refractivity contribution in [3.63, 3.8) is 0 Å². The molecular weight excluding hydrogens is 863 g/mol. The number of carboxylic acids is 1. The lowest BCUT2D eigenvalue weighted by atomic mass is 10.1. The van der Waals surface area contributed by atoms with Crippen LogP contribution in [-0.4, -0.2) is 82.3 Å². The standard InChI is InChI=1S/C60H99NO8/c1-6-8-10-12-14-16-18-20-22-24-25-26-27-28-29-30-31-32-33-35-37-39-41-43-45-47-49-51-58(63)69-56(55-68-60(59(64)65)66-53-52-61(3,4)5)54-67-57(62)50-48-46-44-42-40-38-36-34-23-21-19-17-15-13-11-9-7-2/h8-11,14-17,20-23,25-26,28-29,31-32,56,60H,6-7,12-13,18-19,24,27,30,33-55H2,1-5H3/b10-8-,11-9-,16-14-,17-15-,22-20-,23-21-,26-25-,29-28-,32-31-. The molecule has 392 valence electrons. The van der Waals surface area contributed by atoms with Crippen LogP contribution in [0.25, 0.3) is 0 Å². The van der Waals surface area contributed by atoms with Crippen LogP contribution < -0.4 is 5.11 Å². The number of aliphatic carboxylic acids is 1. The zero-order chi connectivity index (χ0) is 50.6. The smallest absolute Gasteiger partial charge is 0.306 e. The Hall–Kier alpha value is -4.05. The Morgan fingerprint density at radius 3 is 1.16 bits per heavy atom. The lowest BCUT2D eigenvalue weighted by molar-refractivity contribution is -0.870. The molecule has 9 nitrogen and oxygen atoms in total. The van der Waals surface area contributed by atoms with Gasteiger partial charge in [-0.1, -0.05) is 194 Å². The molecule has 0 spiro atoms. The number of allylic oxidation sites excluding steroid dienone is 18. The molecule has 0 aromatic heterocycles. The van der Waals surface area contributed by atoms with E-state index in [9.17, 15) is 19.5 Å². The van der Waals surface area contributed by atoms with E-state index in [2.05, 4.69) is 123 Å². The van der Waals surface area contributed by atoms with Crippen molar-refractivity contribution in [1.82, 2.24) is 0 Å². The quantitative estimate of drug-likeness (QED) is 0.0195. The van der Waals surface area contributed by atoms with Gasteiger partial charge in [0.2, 0.25) is 0 Å². The molecule has 0 bridgehead atoms. The summed E-state index contributed by atoms with van der Waals surface area (Å²) >= 11 is 0. The Kier molecular flexibility index (Phi) is 47.4. The van der Waals surface area contributed by atoms with Crippen LogP contribution in [0.2, 0.25) is 0 Å². The van der Waals surface area contributed by atoms with E-state index in [1.807, 2.05) is 21.1 Å². The molecule has 0 aliphatic heterocycles. The van der Waals surface area contributed by atoms with Gasteiger partial charge >= 0.3 is 11.9 Å². The maximum atomic E-state index is 12.8. The number of carbonyl (C=O) groups is 3. The second-order valence-corrected chi connectivity index (χ2v) is 18.8. The first-order valence-electron chi connectivity index (χ1n) is 27.0. The van der Waals surface area contributed by atoms with Crippen LogP contribution >= 0.6 is 0 Å². The van der Waals surface area contributed by atoms with Crippen molar-refractivity contribution < 1.29 is 42.9 Å². The van der Waals surface area contributed by atoms with E-state index in [0.717, 1.165) is 116 Å². The Labute approximate surface area is 422 Å². The fourth-order valence-corrected chi connectivity index (χ4v) is 6.91. The molecule has 0 aliphatic rings. The first-order chi connectivity index (χ1) is 33.6. The maximum absolute atomic E-state index is 12.8. The van der Waals surface area contributed by atoms with Crippen LogP contribution in [-0.2, 0) is 33.3 Å². The number of nitrogens with zero attached hydrogens (tertiary/aromatic N) is 1. The number of carbonyl (C=O) groups excluding carboxylic acids is 3. The molecule has 0 radical (unpaired) electrons. The zero-order valence-electron chi connectivity index (χ0n) is 44.4. The van der Waals surface area contributed by atoms with Crippen molar-refractivity contribution in [3.05, 3.63) is 109 Å². The summed E-state index contributed by atoms with van der Waals surface area (Å²) < 4.78 is 22.6. The maximum Gasteiger partial charge on any atom is 0.306 e. The van der Waals surface area contributed by atoms with E-state index in [1.165, 1.54) is 44.9 Å². The van der Waals surface area contributed by atoms with Gasteiger partial charge in [-0.05, 0) is 96.3 Å². The zero-order valence-corrected chi connectivity index (χ0v) is 44.4. The highest BCUT2D eigenvalue weighted by Crippen LogP contribution is 2.14. The molecule has 0 saturated carbocycles. The summed E-state index contributed by atoms with van der Waals surface area (Å²) in [4.78, 5) is 37.2. The third-order valence-electron chi connectivity index (χ3n) is 11.0. The summed E-state index contributed by atoms with van der Waals surface area (Å²) in [6.07, 6.45) is 65.5. The van der Waals surface area contributed by atoms with Crippen molar-refractivity contribution in [3.8, 4) is 0 Å². The first kappa shape index (κ1) is 65.0. The van der Waals surface area contributed by atoms with Gasteiger partial charge in [0.1, 0.15) is 13.2 Å². The third-order valence-corrected chi connectivity index (χ3v) is 11.0. The molecule has 0 aromatic rings. The summed E-state index contributed by atoms with van der Waals surface area (Å²) in [5.41, 5.74) is 0. The number of hydrogen-bond acceptors (Lipinski definition) is 8. The second kappa shape index (κ2) is 50.3. The Bertz CT molecular complexity index is 1490. The van der Waals surface area contributed by atoms with Crippen LogP contribution in [0.3, 0.4) is 0 Å². The van der Waals surface area contributed by atoms with Crippen LogP contribution in [0.15, 0.2) is 109 Å². The Morgan fingerprint density at radius 1 is 0.435 bits per heavy atom. The predicted octanol–water partition coefficient (Wildman–Crippen LogP) is 14.2. The lowest BCUT2D eigenvalue weighted by Gasteiger charge is -2.26. The molecule has 0 saturated heterocycles. The van der Waals surface area contributed by atoms with Gasteiger partial charge < -0.3 is 33.3 Å². The number of hydrogen-bond donors (Lipinski definition) is 0. The summed E-state index contributed by atoms with van der Waals surface area (Å²) in [6.45, 7) is 4.48. The number of ether oxygens (including phenoxy) is 4. The molecule has 0 aliphatic carbocycles. The summed E-state index contributed by atoms with van der Waals surface area (Å²) in [7, 11) is 5.90. The van der Waals surface area contributed by atoms with E-state index < -0.39 is 24.3 Å². The fraction of sp³-hybridized carbons (Fsp3) is 0.650. The molecule has 0 aromatic carbocycles. The van der Waals surface area contributed by atoms with Gasteiger partial charge in [0.05, 0.1) is 40.3 Å². The molecule has 2 unspecified atom stereocenters. The van der Waals surface area contributed by atoms with Crippen LogP contribution in [0.1, 0.15) is 194 Å². The molecule has 0 amide bonds. The van der Waals surface area contributed by atoms with E-state index in [4.69, 9.17) is 18.9 Å². The lowest BCUT2D eigenvalue weighted by Crippen LogP contribution is -2.44. The van der Waals surface area contributed by atoms with Gasteiger partial charge in [-0.2, -0.15) is 0 Å². The molecule has 0 rings (SSSR count). The van der Waals surface area contributed by atoms with Crippen molar-refractivity contribution in [2.75, 3.05) is 47.5 Å². The predicted molar refractivity (Wildman–Crippen MR) is 287 cm³/mol.